The number of H-pyrrole nitrogens is 1. The van der Waals surface area contributed by atoms with Crippen molar-refractivity contribution in [1.29, 1.82) is 0 Å². The lowest BCUT2D eigenvalue weighted by molar-refractivity contribution is 0.251. The van der Waals surface area contributed by atoms with Crippen molar-refractivity contribution in [1.82, 2.24) is 35.0 Å². The molecule has 0 radical (unpaired) electrons. The van der Waals surface area contributed by atoms with E-state index >= 15 is 0 Å². The monoisotopic (exact) mass is 535 g/mol. The van der Waals surface area contributed by atoms with Crippen LogP contribution in [0.4, 0.5) is 0 Å². The van der Waals surface area contributed by atoms with Crippen molar-refractivity contribution >= 4 is 32.8 Å². The molecule has 5 rings (SSSR count). The number of hydrogen-bond donors (Lipinski definition) is 5. The summed E-state index contributed by atoms with van der Waals surface area (Å²) in [6.07, 6.45) is 3.34. The Balaban J connectivity index is 1.45. The maximum atomic E-state index is 11.1. The van der Waals surface area contributed by atoms with Gasteiger partial charge in [-0.2, -0.15) is 15.7 Å². The summed E-state index contributed by atoms with van der Waals surface area (Å²) in [5, 5.41) is 16.4. The normalized spacial score (nSPS) is 17.8. The second-order valence-electron chi connectivity index (χ2n) is 8.31. The molecule has 4 heterocycles. The second-order valence-corrected chi connectivity index (χ2v) is 11.5. The Kier molecular flexibility index (Phi) is 7.03. The molecule has 4 aromatic rings. The summed E-state index contributed by atoms with van der Waals surface area (Å²) < 4.78 is 53.5. The summed E-state index contributed by atoms with van der Waals surface area (Å²) in [6.45, 7) is 1.60. The molecular formula is C21H25N7O6S2. The number of benzene rings is 1. The molecule has 1 saturated heterocycles. The highest BCUT2D eigenvalue weighted by Gasteiger charge is 2.24. The first kappa shape index (κ1) is 24.8. The quantitative estimate of drug-likeness (QED) is 0.209. The van der Waals surface area contributed by atoms with E-state index < -0.39 is 21.9 Å². The van der Waals surface area contributed by atoms with E-state index in [0.29, 0.717) is 59.9 Å². The molecule has 1 aromatic carbocycles. The third kappa shape index (κ3) is 5.41. The minimum absolute atomic E-state index is 0.0883. The largest absolute Gasteiger partial charge is 0.481 e. The fourth-order valence-corrected chi connectivity index (χ4v) is 5.62. The van der Waals surface area contributed by atoms with Gasteiger partial charge in [0.1, 0.15) is 0 Å². The molecule has 5 N–H and O–H groups in total. The van der Waals surface area contributed by atoms with Crippen molar-refractivity contribution < 1.29 is 27.0 Å². The second kappa shape index (κ2) is 10.2. The average Bonchev–Trinajstić information content (AvgIpc) is 3.53. The minimum atomic E-state index is -2.47. The SMILES string of the molecule is COc1ncc(-c2cc(-c3nnc(CN4CCS(O)(O)CC4)o3)c3cn[nH]c3c2)cc1CNS(=O)O. The van der Waals surface area contributed by atoms with Gasteiger partial charge in [-0.25, -0.2) is 13.9 Å². The molecule has 15 heteroatoms. The van der Waals surface area contributed by atoms with Crippen molar-refractivity contribution in [3.05, 3.63) is 42.0 Å². The Morgan fingerprint density at radius 1 is 1.19 bits per heavy atom. The lowest BCUT2D eigenvalue weighted by Gasteiger charge is -2.40. The molecule has 13 nitrogen and oxygen atoms in total. The third-order valence-electron chi connectivity index (χ3n) is 5.92. The Hall–Kier alpha value is -2.92. The van der Waals surface area contributed by atoms with E-state index in [0.717, 1.165) is 22.0 Å². The Morgan fingerprint density at radius 3 is 2.75 bits per heavy atom. The molecule has 1 aliphatic rings. The molecule has 0 amide bonds. The van der Waals surface area contributed by atoms with Crippen LogP contribution >= 0.6 is 10.6 Å². The topological polar surface area (TPSA) is 183 Å². The molecule has 1 aliphatic heterocycles. The summed E-state index contributed by atoms with van der Waals surface area (Å²) in [5.41, 5.74) is 3.61. The fraction of sp³-hybridized carbons (Fsp3) is 0.333. The van der Waals surface area contributed by atoms with Gasteiger partial charge in [0.2, 0.25) is 28.9 Å². The van der Waals surface area contributed by atoms with Gasteiger partial charge in [-0.05, 0) is 23.8 Å². The van der Waals surface area contributed by atoms with Crippen molar-refractivity contribution in [2.45, 2.75) is 13.1 Å². The molecule has 1 fully saturated rings. The molecule has 1 atom stereocenters. The Bertz CT molecular complexity index is 1400. The van der Waals surface area contributed by atoms with Crippen LogP contribution in [0.1, 0.15) is 11.5 Å². The predicted octanol–water partition coefficient (Wildman–Crippen LogP) is 2.48. The maximum Gasteiger partial charge on any atom is 0.248 e. The third-order valence-corrected chi connectivity index (χ3v) is 7.99. The van der Waals surface area contributed by atoms with E-state index in [4.69, 9.17) is 13.7 Å². The summed E-state index contributed by atoms with van der Waals surface area (Å²) in [4.78, 5) is 6.39. The van der Waals surface area contributed by atoms with Gasteiger partial charge in [0.25, 0.3) is 0 Å². The van der Waals surface area contributed by atoms with E-state index in [2.05, 4.69) is 35.0 Å². The number of hydrogen-bond acceptors (Lipinski definition) is 10. The van der Waals surface area contributed by atoms with Crippen LogP contribution in [0.5, 0.6) is 5.88 Å². The smallest absolute Gasteiger partial charge is 0.248 e. The summed E-state index contributed by atoms with van der Waals surface area (Å²) >= 11 is -2.18. The highest BCUT2D eigenvalue weighted by molar-refractivity contribution is 8.24. The first-order chi connectivity index (χ1) is 17.3. The van der Waals surface area contributed by atoms with E-state index in [-0.39, 0.29) is 6.54 Å². The first-order valence-electron chi connectivity index (χ1n) is 10.9. The van der Waals surface area contributed by atoms with Crippen molar-refractivity contribution in [3.63, 3.8) is 0 Å². The van der Waals surface area contributed by atoms with Gasteiger partial charge in [-0.3, -0.25) is 23.7 Å². The zero-order valence-electron chi connectivity index (χ0n) is 19.2. The molecule has 0 bridgehead atoms. The lowest BCUT2D eigenvalue weighted by atomic mass is 10.0. The molecule has 36 heavy (non-hydrogen) atoms. The Morgan fingerprint density at radius 2 is 2.00 bits per heavy atom. The van der Waals surface area contributed by atoms with Crippen LogP contribution in [0.25, 0.3) is 33.5 Å². The van der Waals surface area contributed by atoms with Gasteiger partial charge < -0.3 is 9.15 Å². The van der Waals surface area contributed by atoms with Crippen LogP contribution in [0.3, 0.4) is 0 Å². The van der Waals surface area contributed by atoms with Crippen LogP contribution in [0.15, 0.2) is 35.0 Å². The fourth-order valence-electron chi connectivity index (χ4n) is 4.04. The van der Waals surface area contributed by atoms with Gasteiger partial charge in [-0.15, -0.1) is 10.2 Å². The standard InChI is InChI=1S/C21H25N7O6S2/c1-33-20-15(10-24-35(29)30)6-14(9-22-20)13-7-16(17-11-23-25-18(17)8-13)21-27-26-19(34-21)12-28-2-4-36(31,32)5-3-28/h6-9,11,24,31-32H,2-5,10,12H2,1H3,(H,23,25)(H,29,30). The van der Waals surface area contributed by atoms with Crippen LogP contribution in [-0.2, 0) is 24.4 Å². The van der Waals surface area contributed by atoms with E-state index in [1.54, 1.807) is 12.4 Å². The summed E-state index contributed by atoms with van der Waals surface area (Å²) in [5.74, 6) is 1.79. The van der Waals surface area contributed by atoms with Crippen LogP contribution in [-0.4, -0.2) is 79.9 Å². The molecule has 192 valence electrons. The number of nitrogens with one attached hydrogen (secondary N) is 2. The average molecular weight is 536 g/mol. The number of nitrogens with zero attached hydrogens (tertiary/aromatic N) is 5. The molecule has 3 aromatic heterocycles. The van der Waals surface area contributed by atoms with Crippen molar-refractivity contribution in [3.8, 4) is 28.5 Å². The van der Waals surface area contributed by atoms with Gasteiger partial charge in [0, 0.05) is 42.3 Å². The Labute approximate surface area is 210 Å². The van der Waals surface area contributed by atoms with Crippen LogP contribution in [0, 0.1) is 0 Å². The zero-order chi connectivity index (χ0) is 25.3. The van der Waals surface area contributed by atoms with Gasteiger partial charge >= 0.3 is 0 Å². The highest BCUT2D eigenvalue weighted by atomic mass is 32.3. The van der Waals surface area contributed by atoms with Crippen molar-refractivity contribution in [2.75, 3.05) is 31.7 Å². The highest BCUT2D eigenvalue weighted by Crippen LogP contribution is 2.40. The van der Waals surface area contributed by atoms with Crippen molar-refractivity contribution in [2.24, 2.45) is 0 Å². The molecule has 1 unspecified atom stereocenters. The van der Waals surface area contributed by atoms with Gasteiger partial charge in [-0.1, -0.05) is 0 Å². The van der Waals surface area contributed by atoms with E-state index in [1.165, 1.54) is 7.11 Å². The van der Waals surface area contributed by atoms with E-state index in [1.807, 2.05) is 18.2 Å². The number of pyridine rings is 1. The van der Waals surface area contributed by atoms with Gasteiger partial charge in [0.05, 0.1) is 42.4 Å². The number of methoxy groups -OCH3 is 1. The predicted molar refractivity (Wildman–Crippen MR) is 135 cm³/mol. The zero-order valence-corrected chi connectivity index (χ0v) is 20.9. The number of fused-ring (bicyclic) bond motifs is 1. The number of aromatic amines is 1. The molecule has 0 saturated carbocycles. The number of ether oxygens (including phenoxy) is 1. The first-order valence-corrected chi connectivity index (χ1v) is 13.9. The summed E-state index contributed by atoms with van der Waals surface area (Å²) in [6, 6.07) is 5.64. The summed E-state index contributed by atoms with van der Waals surface area (Å²) in [7, 11) is -0.989. The van der Waals surface area contributed by atoms with Crippen LogP contribution < -0.4 is 9.46 Å². The van der Waals surface area contributed by atoms with Gasteiger partial charge in [0.15, 0.2) is 0 Å². The van der Waals surface area contributed by atoms with E-state index in [9.17, 15) is 13.3 Å². The maximum absolute atomic E-state index is 11.1. The minimum Gasteiger partial charge on any atom is -0.481 e. The molecular weight excluding hydrogens is 510 g/mol. The van der Waals surface area contributed by atoms with Crippen LogP contribution in [0.2, 0.25) is 0 Å². The number of rotatable bonds is 8. The lowest BCUT2D eigenvalue weighted by Crippen LogP contribution is -2.37. The number of aromatic nitrogens is 5. The molecule has 0 aliphatic carbocycles. The molecule has 0 spiro atoms.